The van der Waals surface area contributed by atoms with Crippen LogP contribution in [0.3, 0.4) is 0 Å². The van der Waals surface area contributed by atoms with Crippen molar-refractivity contribution in [3.05, 3.63) is 66.4 Å². The SMILES string of the molecule is Cc1ccnc(Nc2ccc(N3CCN(S(=O)(=O)c4ccccc4)CC3)nn2)c1. The lowest BCUT2D eigenvalue weighted by molar-refractivity contribution is 0.383. The summed E-state index contributed by atoms with van der Waals surface area (Å²) in [6.45, 7) is 3.94. The highest BCUT2D eigenvalue weighted by atomic mass is 32.2. The first-order valence-electron chi connectivity index (χ1n) is 9.36. The Morgan fingerprint density at radius 2 is 1.66 bits per heavy atom. The van der Waals surface area contributed by atoms with Crippen molar-refractivity contribution in [2.75, 3.05) is 36.4 Å². The van der Waals surface area contributed by atoms with E-state index < -0.39 is 10.0 Å². The van der Waals surface area contributed by atoms with Crippen LogP contribution in [0.25, 0.3) is 0 Å². The van der Waals surface area contributed by atoms with Gasteiger partial charge in [0, 0.05) is 32.4 Å². The van der Waals surface area contributed by atoms with Gasteiger partial charge in [0.2, 0.25) is 10.0 Å². The first-order chi connectivity index (χ1) is 14.0. The summed E-state index contributed by atoms with van der Waals surface area (Å²) in [5.74, 6) is 2.05. The van der Waals surface area contributed by atoms with Gasteiger partial charge in [-0.25, -0.2) is 13.4 Å². The van der Waals surface area contributed by atoms with Crippen LogP contribution in [0.4, 0.5) is 17.5 Å². The molecule has 9 heteroatoms. The van der Waals surface area contributed by atoms with E-state index in [4.69, 9.17) is 0 Å². The maximum atomic E-state index is 12.7. The number of hydrogen-bond donors (Lipinski definition) is 1. The Balaban J connectivity index is 1.39. The molecule has 2 aromatic heterocycles. The molecule has 3 aromatic rings. The summed E-state index contributed by atoms with van der Waals surface area (Å²) >= 11 is 0. The minimum atomic E-state index is -3.46. The largest absolute Gasteiger partial charge is 0.352 e. The predicted molar refractivity (Wildman–Crippen MR) is 112 cm³/mol. The van der Waals surface area contributed by atoms with E-state index >= 15 is 0 Å². The van der Waals surface area contributed by atoms with Gasteiger partial charge < -0.3 is 10.2 Å². The molecule has 150 valence electrons. The molecule has 1 saturated heterocycles. The summed E-state index contributed by atoms with van der Waals surface area (Å²) in [6.07, 6.45) is 1.74. The average molecular weight is 411 g/mol. The normalized spacial score (nSPS) is 15.3. The predicted octanol–water partition coefficient (Wildman–Crippen LogP) is 2.43. The summed E-state index contributed by atoms with van der Waals surface area (Å²) in [5.41, 5.74) is 1.11. The second-order valence-corrected chi connectivity index (χ2v) is 8.76. The molecule has 0 saturated carbocycles. The third kappa shape index (κ3) is 4.36. The summed E-state index contributed by atoms with van der Waals surface area (Å²) in [7, 11) is -3.46. The van der Waals surface area contributed by atoms with Crippen LogP contribution < -0.4 is 10.2 Å². The maximum Gasteiger partial charge on any atom is 0.243 e. The first kappa shape index (κ1) is 19.3. The second-order valence-electron chi connectivity index (χ2n) is 6.82. The molecule has 0 spiro atoms. The zero-order valence-corrected chi connectivity index (χ0v) is 16.9. The molecule has 0 bridgehead atoms. The molecule has 1 fully saturated rings. The summed E-state index contributed by atoms with van der Waals surface area (Å²) in [6, 6.07) is 16.1. The van der Waals surface area contributed by atoms with Crippen molar-refractivity contribution in [3.8, 4) is 0 Å². The van der Waals surface area contributed by atoms with Crippen LogP contribution in [-0.4, -0.2) is 54.1 Å². The lowest BCUT2D eigenvalue weighted by Gasteiger charge is -2.34. The number of anilines is 3. The smallest absolute Gasteiger partial charge is 0.243 e. The number of rotatable bonds is 5. The molecular formula is C20H22N6O2S. The number of piperazine rings is 1. The van der Waals surface area contributed by atoms with E-state index in [1.165, 1.54) is 4.31 Å². The van der Waals surface area contributed by atoms with Gasteiger partial charge in [-0.3, -0.25) is 0 Å². The van der Waals surface area contributed by atoms with E-state index in [2.05, 4.69) is 20.5 Å². The van der Waals surface area contributed by atoms with E-state index in [9.17, 15) is 8.42 Å². The highest BCUT2D eigenvalue weighted by Crippen LogP contribution is 2.20. The number of hydrogen-bond acceptors (Lipinski definition) is 7. The van der Waals surface area contributed by atoms with Gasteiger partial charge in [-0.15, -0.1) is 10.2 Å². The number of nitrogens with one attached hydrogen (secondary N) is 1. The molecule has 0 amide bonds. The Bertz CT molecular complexity index is 1070. The van der Waals surface area contributed by atoms with Crippen LogP contribution in [0.2, 0.25) is 0 Å². The Morgan fingerprint density at radius 1 is 0.897 bits per heavy atom. The fourth-order valence-corrected chi connectivity index (χ4v) is 4.64. The Hall–Kier alpha value is -3.04. The van der Waals surface area contributed by atoms with Crippen molar-refractivity contribution in [3.63, 3.8) is 0 Å². The van der Waals surface area contributed by atoms with Crippen LogP contribution in [0, 0.1) is 6.92 Å². The van der Waals surface area contributed by atoms with Crippen molar-refractivity contribution in [1.29, 1.82) is 0 Å². The van der Waals surface area contributed by atoms with Crippen molar-refractivity contribution in [1.82, 2.24) is 19.5 Å². The molecule has 1 aliphatic rings. The molecule has 1 aliphatic heterocycles. The number of pyridine rings is 1. The molecule has 4 rings (SSSR count). The molecule has 3 heterocycles. The van der Waals surface area contributed by atoms with Gasteiger partial charge in [0.25, 0.3) is 0 Å². The van der Waals surface area contributed by atoms with Gasteiger partial charge >= 0.3 is 0 Å². The highest BCUT2D eigenvalue weighted by Gasteiger charge is 2.28. The Kier molecular flexibility index (Phi) is 5.41. The van der Waals surface area contributed by atoms with Gasteiger partial charge in [-0.05, 0) is 48.9 Å². The minimum Gasteiger partial charge on any atom is -0.352 e. The zero-order chi connectivity index (χ0) is 20.3. The van der Waals surface area contributed by atoms with Crippen LogP contribution in [0.1, 0.15) is 5.56 Å². The topological polar surface area (TPSA) is 91.3 Å². The standard InChI is InChI=1S/C20H22N6O2S/c1-16-9-10-21-19(15-16)22-18-7-8-20(24-23-18)25-11-13-26(14-12-25)29(27,28)17-5-3-2-4-6-17/h2-10,15H,11-14H2,1H3,(H,21,22,23). The van der Waals surface area contributed by atoms with Gasteiger partial charge in [0.15, 0.2) is 11.6 Å². The number of sulfonamides is 1. The number of nitrogens with zero attached hydrogens (tertiary/aromatic N) is 5. The summed E-state index contributed by atoms with van der Waals surface area (Å²) in [4.78, 5) is 6.62. The van der Waals surface area contributed by atoms with Crippen molar-refractivity contribution < 1.29 is 8.42 Å². The quantitative estimate of drug-likeness (QED) is 0.691. The molecule has 0 aliphatic carbocycles. The lowest BCUT2D eigenvalue weighted by atomic mass is 10.3. The van der Waals surface area contributed by atoms with Crippen molar-refractivity contribution in [2.24, 2.45) is 0 Å². The molecule has 0 atom stereocenters. The average Bonchev–Trinajstić information content (AvgIpc) is 2.75. The number of aryl methyl sites for hydroxylation is 1. The van der Waals surface area contributed by atoms with Crippen molar-refractivity contribution >= 4 is 27.5 Å². The van der Waals surface area contributed by atoms with E-state index in [0.29, 0.717) is 42.7 Å². The molecular weight excluding hydrogens is 388 g/mol. The van der Waals surface area contributed by atoms with Crippen LogP contribution in [-0.2, 0) is 10.0 Å². The van der Waals surface area contributed by atoms with Gasteiger partial charge in [-0.1, -0.05) is 18.2 Å². The fourth-order valence-electron chi connectivity index (χ4n) is 3.20. The monoisotopic (exact) mass is 410 g/mol. The third-order valence-electron chi connectivity index (χ3n) is 4.77. The van der Waals surface area contributed by atoms with Crippen LogP contribution in [0.15, 0.2) is 65.7 Å². The van der Waals surface area contributed by atoms with E-state index in [1.54, 1.807) is 30.5 Å². The minimum absolute atomic E-state index is 0.327. The first-order valence-corrected chi connectivity index (χ1v) is 10.8. The molecule has 1 aromatic carbocycles. The lowest BCUT2D eigenvalue weighted by Crippen LogP contribution is -2.48. The second kappa shape index (κ2) is 8.14. The van der Waals surface area contributed by atoms with E-state index in [1.807, 2.05) is 42.2 Å². The number of aromatic nitrogens is 3. The van der Waals surface area contributed by atoms with Crippen LogP contribution >= 0.6 is 0 Å². The van der Waals surface area contributed by atoms with Crippen LogP contribution in [0.5, 0.6) is 0 Å². The molecule has 29 heavy (non-hydrogen) atoms. The summed E-state index contributed by atoms with van der Waals surface area (Å²) < 4.78 is 27.0. The third-order valence-corrected chi connectivity index (χ3v) is 6.68. The van der Waals surface area contributed by atoms with Crippen molar-refractivity contribution in [2.45, 2.75) is 11.8 Å². The molecule has 1 N–H and O–H groups in total. The fraction of sp³-hybridized carbons (Fsp3) is 0.250. The molecule has 0 radical (unpaired) electrons. The maximum absolute atomic E-state index is 12.7. The zero-order valence-electron chi connectivity index (χ0n) is 16.1. The number of benzene rings is 1. The van der Waals surface area contributed by atoms with Gasteiger partial charge in [0.05, 0.1) is 4.90 Å². The Morgan fingerprint density at radius 3 is 2.31 bits per heavy atom. The van der Waals surface area contributed by atoms with Gasteiger partial charge in [-0.2, -0.15) is 4.31 Å². The van der Waals surface area contributed by atoms with E-state index in [0.717, 1.165) is 11.4 Å². The highest BCUT2D eigenvalue weighted by molar-refractivity contribution is 7.89. The molecule has 8 nitrogen and oxygen atoms in total. The summed E-state index contributed by atoms with van der Waals surface area (Å²) in [5, 5.41) is 11.6. The van der Waals surface area contributed by atoms with Gasteiger partial charge in [0.1, 0.15) is 5.82 Å². The molecule has 0 unspecified atom stereocenters. The van der Waals surface area contributed by atoms with E-state index in [-0.39, 0.29) is 0 Å². The Labute approximate surface area is 170 Å².